The average molecular weight is 376 g/mol. The molecular formula is C22H20N2O4. The lowest BCUT2D eigenvalue weighted by molar-refractivity contribution is -0.0887. The van der Waals surface area contributed by atoms with Crippen LogP contribution in [-0.2, 0) is 15.9 Å². The molecule has 2 aliphatic heterocycles. The highest BCUT2D eigenvalue weighted by Crippen LogP contribution is 2.65. The van der Waals surface area contributed by atoms with Gasteiger partial charge in [0.15, 0.2) is 0 Å². The van der Waals surface area contributed by atoms with Crippen LogP contribution in [0.1, 0.15) is 42.9 Å². The fourth-order valence-electron chi connectivity index (χ4n) is 5.09. The Kier molecular flexibility index (Phi) is 3.36. The Balaban J connectivity index is 1.83. The first-order chi connectivity index (χ1) is 13.5. The van der Waals surface area contributed by atoms with Crippen molar-refractivity contribution in [2.75, 3.05) is 6.61 Å². The van der Waals surface area contributed by atoms with E-state index in [4.69, 9.17) is 4.74 Å². The minimum absolute atomic E-state index is 0.0515. The molecule has 0 amide bonds. The molecule has 28 heavy (non-hydrogen) atoms. The van der Waals surface area contributed by atoms with Crippen LogP contribution in [0.4, 0.5) is 0 Å². The van der Waals surface area contributed by atoms with E-state index in [-0.39, 0.29) is 18.4 Å². The summed E-state index contributed by atoms with van der Waals surface area (Å²) in [6.45, 7) is 1.85. The first-order valence-electron chi connectivity index (χ1n) is 9.36. The summed E-state index contributed by atoms with van der Waals surface area (Å²) in [5.41, 5.74) is 0.819. The minimum atomic E-state index is -0.784. The van der Waals surface area contributed by atoms with Crippen molar-refractivity contribution < 1.29 is 20.1 Å². The minimum Gasteiger partial charge on any atom is -0.494 e. The van der Waals surface area contributed by atoms with Gasteiger partial charge in [0, 0.05) is 23.8 Å². The van der Waals surface area contributed by atoms with E-state index in [0.29, 0.717) is 41.6 Å². The summed E-state index contributed by atoms with van der Waals surface area (Å²) < 4.78 is 7.68. The van der Waals surface area contributed by atoms with Crippen molar-refractivity contribution in [1.82, 2.24) is 4.57 Å². The Morgan fingerprint density at radius 2 is 1.79 bits per heavy atom. The van der Waals surface area contributed by atoms with Crippen molar-refractivity contribution >= 4 is 10.8 Å². The first-order valence-corrected chi connectivity index (χ1v) is 9.36. The average Bonchev–Trinajstić information content (AvgIpc) is 3.26. The molecule has 2 aromatic carbocycles. The van der Waals surface area contributed by atoms with E-state index in [9.17, 15) is 20.6 Å². The quantitative estimate of drug-likeness (QED) is 0.649. The van der Waals surface area contributed by atoms with E-state index in [1.165, 1.54) is 4.57 Å². The number of hydrogen-bond donors (Lipinski definition) is 3. The van der Waals surface area contributed by atoms with Crippen LogP contribution < -0.4 is 0 Å². The summed E-state index contributed by atoms with van der Waals surface area (Å²) in [6.07, 6.45) is 1.76. The number of nitriles is 1. The Hall–Kier alpha value is -3.01. The Bertz CT molecular complexity index is 1170. The number of hydrogen-bond acceptors (Lipinski definition) is 5. The van der Waals surface area contributed by atoms with Crippen LogP contribution in [0.15, 0.2) is 36.4 Å². The van der Waals surface area contributed by atoms with Crippen LogP contribution in [0.3, 0.4) is 0 Å². The van der Waals surface area contributed by atoms with Gasteiger partial charge in [0.2, 0.25) is 11.8 Å². The predicted octanol–water partition coefficient (Wildman–Crippen LogP) is 3.53. The lowest BCUT2D eigenvalue weighted by atomic mass is 9.78. The number of nitrogens with zero attached hydrogens (tertiary/aromatic N) is 2. The molecule has 6 nitrogen and oxygen atoms in total. The molecule has 0 radical (unpaired) electrons. The van der Waals surface area contributed by atoms with Gasteiger partial charge in [0.1, 0.15) is 5.60 Å². The van der Waals surface area contributed by atoms with Gasteiger partial charge in [-0.3, -0.25) is 4.57 Å². The van der Waals surface area contributed by atoms with Crippen molar-refractivity contribution in [2.45, 2.75) is 37.4 Å². The normalized spacial score (nSPS) is 25.2. The number of aromatic hydroxyl groups is 2. The molecule has 0 aliphatic carbocycles. The molecule has 0 saturated carbocycles. The molecule has 6 heteroatoms. The third-order valence-electron chi connectivity index (χ3n) is 6.31. The highest BCUT2D eigenvalue weighted by atomic mass is 16.5. The van der Waals surface area contributed by atoms with Gasteiger partial charge in [-0.15, -0.1) is 0 Å². The first kappa shape index (κ1) is 17.1. The zero-order valence-corrected chi connectivity index (χ0v) is 15.4. The maximum Gasteiger partial charge on any atom is 0.205 e. The number of benzene rings is 2. The molecule has 1 saturated heterocycles. The van der Waals surface area contributed by atoms with Crippen molar-refractivity contribution in [2.24, 2.45) is 0 Å². The van der Waals surface area contributed by atoms with Crippen molar-refractivity contribution in [3.05, 3.63) is 53.1 Å². The van der Waals surface area contributed by atoms with Crippen LogP contribution in [0.25, 0.3) is 16.5 Å². The standard InChI is InChI=1S/C22H20N2O4/c1-21-8-9-22(28-21,10-11-25)18-17(21)19(26)24(20(18)27)16-7-6-13(12-23)14-4-2-3-5-15(14)16/h2-7,25-27H,8-11H2,1H3/t21-,22-/m0/s1. The van der Waals surface area contributed by atoms with Crippen LogP contribution in [0.5, 0.6) is 11.8 Å². The summed E-state index contributed by atoms with van der Waals surface area (Å²) in [5, 5.41) is 42.8. The molecule has 1 aromatic heterocycles. The van der Waals surface area contributed by atoms with Gasteiger partial charge in [0.25, 0.3) is 0 Å². The summed E-state index contributed by atoms with van der Waals surface area (Å²) in [7, 11) is 0. The molecule has 0 spiro atoms. The number of rotatable bonds is 3. The van der Waals surface area contributed by atoms with Gasteiger partial charge >= 0.3 is 0 Å². The van der Waals surface area contributed by atoms with E-state index in [0.717, 1.165) is 10.8 Å². The molecular weight excluding hydrogens is 356 g/mol. The molecule has 2 bridgehead atoms. The van der Waals surface area contributed by atoms with Gasteiger partial charge in [-0.25, -0.2) is 0 Å². The van der Waals surface area contributed by atoms with Crippen LogP contribution in [0.2, 0.25) is 0 Å². The topological polar surface area (TPSA) is 98.6 Å². The van der Waals surface area contributed by atoms with Crippen LogP contribution in [0, 0.1) is 11.3 Å². The monoisotopic (exact) mass is 376 g/mol. The van der Waals surface area contributed by atoms with E-state index < -0.39 is 11.2 Å². The fourth-order valence-corrected chi connectivity index (χ4v) is 5.09. The van der Waals surface area contributed by atoms with E-state index in [2.05, 4.69) is 6.07 Å². The van der Waals surface area contributed by atoms with Crippen molar-refractivity contribution in [3.8, 4) is 23.5 Å². The van der Waals surface area contributed by atoms with E-state index in [1.54, 1.807) is 12.1 Å². The molecule has 142 valence electrons. The number of ether oxygens (including phenoxy) is 1. The van der Waals surface area contributed by atoms with Crippen LogP contribution >= 0.6 is 0 Å². The van der Waals surface area contributed by atoms with Crippen molar-refractivity contribution in [1.29, 1.82) is 5.26 Å². The molecule has 3 aromatic rings. The summed E-state index contributed by atoms with van der Waals surface area (Å²) >= 11 is 0. The second kappa shape index (κ2) is 5.51. The molecule has 1 fully saturated rings. The summed E-state index contributed by atoms with van der Waals surface area (Å²) in [5.74, 6) is -0.122. The highest BCUT2D eigenvalue weighted by molar-refractivity contribution is 5.95. The molecule has 3 heterocycles. The largest absolute Gasteiger partial charge is 0.494 e. The maximum atomic E-state index is 11.2. The van der Waals surface area contributed by atoms with Gasteiger partial charge in [0.05, 0.1) is 34.0 Å². The Labute approximate surface area is 161 Å². The zero-order valence-electron chi connectivity index (χ0n) is 15.4. The SMILES string of the molecule is C[C@@]12CC[C@@](CCO)(O1)c1c2c(O)n(-c2ccc(C#N)c3ccccc23)c1O. The third-order valence-corrected chi connectivity index (χ3v) is 6.31. The third kappa shape index (κ3) is 1.93. The predicted molar refractivity (Wildman–Crippen MR) is 102 cm³/mol. The van der Waals surface area contributed by atoms with Gasteiger partial charge in [-0.2, -0.15) is 5.26 Å². The lowest BCUT2D eigenvalue weighted by Crippen LogP contribution is -2.24. The molecule has 3 N–H and O–H groups in total. The maximum absolute atomic E-state index is 11.2. The number of fused-ring (bicyclic) bond motifs is 6. The Morgan fingerprint density at radius 3 is 2.50 bits per heavy atom. The van der Waals surface area contributed by atoms with Gasteiger partial charge < -0.3 is 20.1 Å². The second-order valence-electron chi connectivity index (χ2n) is 7.82. The van der Waals surface area contributed by atoms with Gasteiger partial charge in [-0.1, -0.05) is 24.3 Å². The summed E-state index contributed by atoms with van der Waals surface area (Å²) in [6, 6.07) is 13.0. The lowest BCUT2D eigenvalue weighted by Gasteiger charge is -2.25. The highest BCUT2D eigenvalue weighted by Gasteiger charge is 2.61. The summed E-state index contributed by atoms with van der Waals surface area (Å²) in [4.78, 5) is 0. The molecule has 2 atom stereocenters. The zero-order chi connectivity index (χ0) is 19.7. The van der Waals surface area contributed by atoms with Gasteiger partial charge in [-0.05, 0) is 31.9 Å². The van der Waals surface area contributed by atoms with Crippen LogP contribution in [-0.4, -0.2) is 26.5 Å². The van der Waals surface area contributed by atoms with E-state index in [1.807, 2.05) is 31.2 Å². The second-order valence-corrected chi connectivity index (χ2v) is 7.82. The molecule has 5 rings (SSSR count). The molecule has 0 unspecified atom stereocenters. The Morgan fingerprint density at radius 1 is 1.07 bits per heavy atom. The number of aliphatic hydroxyl groups excluding tert-OH is 1. The van der Waals surface area contributed by atoms with E-state index >= 15 is 0 Å². The smallest absolute Gasteiger partial charge is 0.205 e. The molecule has 2 aliphatic rings. The van der Waals surface area contributed by atoms with Crippen molar-refractivity contribution in [3.63, 3.8) is 0 Å². The fraction of sp³-hybridized carbons (Fsp3) is 0.318. The number of aromatic nitrogens is 1. The number of aliphatic hydroxyl groups is 1.